The molecule has 48 heavy (non-hydrogen) atoms. The molecule has 0 N–H and O–H groups in total. The minimum absolute atomic E-state index is 0.244. The first-order valence-electron chi connectivity index (χ1n) is 17.2. The van der Waals surface area contributed by atoms with Gasteiger partial charge < -0.3 is 4.90 Å². The van der Waals surface area contributed by atoms with Gasteiger partial charge in [-0.2, -0.15) is 0 Å². The van der Waals surface area contributed by atoms with Crippen LogP contribution in [0, 0.1) is 0 Å². The van der Waals surface area contributed by atoms with E-state index in [0.29, 0.717) is 0 Å². The summed E-state index contributed by atoms with van der Waals surface area (Å²) in [7, 11) is 0. The zero-order valence-corrected chi connectivity index (χ0v) is 27.0. The molecule has 0 bridgehead atoms. The maximum atomic E-state index is 2.47. The molecule has 9 rings (SSSR count). The van der Waals surface area contributed by atoms with Crippen LogP contribution in [0.3, 0.4) is 0 Å². The average Bonchev–Trinajstić information content (AvgIpc) is 3.47. The summed E-state index contributed by atoms with van der Waals surface area (Å²) in [5.74, 6) is 0. The van der Waals surface area contributed by atoms with Crippen molar-refractivity contribution in [2.45, 2.75) is 31.1 Å². The highest BCUT2D eigenvalue weighted by Crippen LogP contribution is 2.59. The van der Waals surface area contributed by atoms with Crippen LogP contribution in [0.25, 0.3) is 27.5 Å². The van der Waals surface area contributed by atoms with Gasteiger partial charge in [-0.1, -0.05) is 151 Å². The van der Waals surface area contributed by atoms with Crippen LogP contribution in [0.1, 0.15) is 42.4 Å². The van der Waals surface area contributed by atoms with E-state index in [-0.39, 0.29) is 5.41 Å². The zero-order valence-electron chi connectivity index (χ0n) is 27.0. The molecule has 1 atom stereocenters. The lowest BCUT2D eigenvalue weighted by Crippen LogP contribution is -2.32. The molecule has 0 saturated heterocycles. The van der Waals surface area contributed by atoms with Crippen molar-refractivity contribution < 1.29 is 0 Å². The monoisotopic (exact) mass is 615 g/mol. The molecule has 0 spiro atoms. The van der Waals surface area contributed by atoms with Gasteiger partial charge in [0.1, 0.15) is 0 Å². The van der Waals surface area contributed by atoms with Gasteiger partial charge in [-0.05, 0) is 106 Å². The fourth-order valence-electron chi connectivity index (χ4n) is 8.56. The molecular weight excluding hydrogens is 579 g/mol. The number of hydrogen-bond donors (Lipinski definition) is 0. The molecule has 0 aliphatic heterocycles. The Bertz CT molecular complexity index is 2280. The van der Waals surface area contributed by atoms with Crippen LogP contribution in [0.5, 0.6) is 0 Å². The minimum atomic E-state index is -0.244. The molecule has 1 nitrogen and oxygen atoms in total. The third kappa shape index (κ3) is 4.53. The average molecular weight is 616 g/mol. The summed E-state index contributed by atoms with van der Waals surface area (Å²) < 4.78 is 0. The first-order chi connectivity index (χ1) is 23.8. The van der Waals surface area contributed by atoms with E-state index in [0.717, 1.165) is 25.7 Å². The van der Waals surface area contributed by atoms with E-state index in [4.69, 9.17) is 0 Å². The van der Waals surface area contributed by atoms with Crippen LogP contribution >= 0.6 is 0 Å². The van der Waals surface area contributed by atoms with Gasteiger partial charge in [0.25, 0.3) is 0 Å². The lowest BCUT2D eigenvalue weighted by molar-refractivity contribution is 0.637. The minimum Gasteiger partial charge on any atom is -0.314 e. The quantitative estimate of drug-likeness (QED) is 0.180. The predicted molar refractivity (Wildman–Crippen MR) is 202 cm³/mol. The van der Waals surface area contributed by atoms with Crippen LogP contribution in [-0.4, -0.2) is 0 Å². The Labute approximate surface area is 283 Å². The predicted octanol–water partition coefficient (Wildman–Crippen LogP) is 12.4. The van der Waals surface area contributed by atoms with Gasteiger partial charge in [0.2, 0.25) is 0 Å². The fraction of sp³-hybridized carbons (Fsp3) is 0.106. The Balaban J connectivity index is 1.19. The van der Waals surface area contributed by atoms with Crippen LogP contribution in [-0.2, 0) is 5.41 Å². The van der Waals surface area contributed by atoms with E-state index in [1.807, 2.05) is 0 Å². The second-order valence-corrected chi connectivity index (χ2v) is 13.1. The van der Waals surface area contributed by atoms with Crippen molar-refractivity contribution >= 4 is 27.7 Å². The Morgan fingerprint density at radius 1 is 0.542 bits per heavy atom. The molecule has 3 aliphatic carbocycles. The molecule has 1 heteroatoms. The van der Waals surface area contributed by atoms with E-state index in [2.05, 4.69) is 181 Å². The van der Waals surface area contributed by atoms with E-state index in [1.54, 1.807) is 5.57 Å². The summed E-state index contributed by atoms with van der Waals surface area (Å²) >= 11 is 0. The number of rotatable bonds is 6. The summed E-state index contributed by atoms with van der Waals surface area (Å²) in [4.78, 5) is 2.47. The largest absolute Gasteiger partial charge is 0.314 e. The molecule has 3 aliphatic rings. The molecule has 0 fully saturated rings. The third-order valence-electron chi connectivity index (χ3n) is 10.6. The van der Waals surface area contributed by atoms with Crippen molar-refractivity contribution in [1.82, 2.24) is 0 Å². The number of anilines is 2. The Hall–Kier alpha value is -5.66. The number of fused-ring (bicyclic) bond motifs is 3. The smallest absolute Gasteiger partial charge is 0.0639 e. The first-order valence-corrected chi connectivity index (χ1v) is 17.2. The van der Waals surface area contributed by atoms with Crippen molar-refractivity contribution in [1.29, 1.82) is 0 Å². The maximum absolute atomic E-state index is 2.47. The summed E-state index contributed by atoms with van der Waals surface area (Å²) in [6.45, 7) is 0. The Morgan fingerprint density at radius 2 is 1.25 bits per heavy atom. The number of para-hydroxylation sites is 1. The number of nitrogens with zero attached hydrogens (tertiary/aromatic N) is 1. The molecule has 1 unspecified atom stereocenters. The summed E-state index contributed by atoms with van der Waals surface area (Å²) in [5, 5.41) is 2.54. The standard InChI is InChI=1S/C47H37N/c1-3-18-36(19-4-1)47(45-27-11-9-24-43(45)44-25-10-12-28-46(44)47)37-29-31-39(32-30-37)48(38-20-5-2-6-21-38)40-22-13-17-35(33-40)42-26-14-16-34-15-7-8-23-41(34)42/h1-11,13-27,29,31,33H,12,28,30,32H2. The van der Waals surface area contributed by atoms with Crippen LogP contribution in [0.4, 0.5) is 11.4 Å². The van der Waals surface area contributed by atoms with Gasteiger partial charge in [0.15, 0.2) is 0 Å². The molecular formula is C47H37N. The molecule has 0 saturated carbocycles. The van der Waals surface area contributed by atoms with Gasteiger partial charge in [-0.15, -0.1) is 0 Å². The highest BCUT2D eigenvalue weighted by Gasteiger charge is 2.48. The molecule has 0 aromatic heterocycles. The second-order valence-electron chi connectivity index (χ2n) is 13.1. The van der Waals surface area contributed by atoms with Gasteiger partial charge in [0, 0.05) is 17.1 Å². The summed E-state index contributed by atoms with van der Waals surface area (Å²) in [6, 6.07) is 55.6. The highest BCUT2D eigenvalue weighted by atomic mass is 15.1. The molecule has 0 radical (unpaired) electrons. The van der Waals surface area contributed by atoms with Gasteiger partial charge in [-0.3, -0.25) is 0 Å². The van der Waals surface area contributed by atoms with E-state index >= 15 is 0 Å². The lowest BCUT2D eigenvalue weighted by atomic mass is 9.63. The zero-order chi connectivity index (χ0) is 31.9. The van der Waals surface area contributed by atoms with E-state index in [1.165, 1.54) is 66.8 Å². The highest BCUT2D eigenvalue weighted by molar-refractivity contribution is 5.97. The Morgan fingerprint density at radius 3 is 2.10 bits per heavy atom. The second kappa shape index (κ2) is 11.9. The Kier molecular flexibility index (Phi) is 7.05. The molecule has 6 aromatic rings. The summed E-state index contributed by atoms with van der Waals surface area (Å²) in [6.07, 6.45) is 13.7. The molecule has 6 aromatic carbocycles. The first kappa shape index (κ1) is 28.6. The topological polar surface area (TPSA) is 3.24 Å². The van der Waals surface area contributed by atoms with E-state index < -0.39 is 0 Å². The SMILES string of the molecule is C1=CC2=C(CC1)C(C1=CC=C(N(c3ccccc3)c3cccc(-c4cccc5ccccc45)c3)CC1)(c1ccccc1)c1ccccc12. The molecule has 0 heterocycles. The van der Waals surface area contributed by atoms with Crippen molar-refractivity contribution in [3.8, 4) is 11.1 Å². The number of hydrogen-bond acceptors (Lipinski definition) is 1. The normalized spacial score (nSPS) is 18.2. The fourth-order valence-corrected chi connectivity index (χ4v) is 8.56. The van der Waals surface area contributed by atoms with E-state index in [9.17, 15) is 0 Å². The third-order valence-corrected chi connectivity index (χ3v) is 10.6. The lowest BCUT2D eigenvalue weighted by Gasteiger charge is -2.40. The van der Waals surface area contributed by atoms with Crippen molar-refractivity contribution in [2.24, 2.45) is 0 Å². The summed E-state index contributed by atoms with van der Waals surface area (Å²) in [5.41, 5.74) is 14.6. The van der Waals surface area contributed by atoms with Crippen LogP contribution in [0.15, 0.2) is 193 Å². The van der Waals surface area contributed by atoms with Crippen LogP contribution in [0.2, 0.25) is 0 Å². The maximum Gasteiger partial charge on any atom is 0.0639 e. The van der Waals surface area contributed by atoms with Gasteiger partial charge >= 0.3 is 0 Å². The number of benzene rings is 6. The molecule has 230 valence electrons. The van der Waals surface area contributed by atoms with Crippen molar-refractivity contribution in [3.05, 3.63) is 209 Å². The molecule has 0 amide bonds. The van der Waals surface area contributed by atoms with Crippen molar-refractivity contribution in [3.63, 3.8) is 0 Å². The van der Waals surface area contributed by atoms with Crippen molar-refractivity contribution in [2.75, 3.05) is 4.90 Å². The number of allylic oxidation sites excluding steroid dienone is 8. The van der Waals surface area contributed by atoms with Gasteiger partial charge in [0.05, 0.1) is 5.41 Å². The van der Waals surface area contributed by atoms with Gasteiger partial charge in [-0.25, -0.2) is 0 Å². The van der Waals surface area contributed by atoms with Crippen LogP contribution < -0.4 is 4.90 Å².